The summed E-state index contributed by atoms with van der Waals surface area (Å²) in [5.74, 6) is -3.03. The Balaban J connectivity index is 3.69. The van der Waals surface area contributed by atoms with E-state index in [-0.39, 0.29) is 25.3 Å². The predicted molar refractivity (Wildman–Crippen MR) is 64.4 cm³/mol. The van der Waals surface area contributed by atoms with Gasteiger partial charge in [0.1, 0.15) is 6.04 Å². The van der Waals surface area contributed by atoms with Crippen LogP contribution in [-0.2, 0) is 19.2 Å². The van der Waals surface area contributed by atoms with Crippen LogP contribution >= 0.6 is 0 Å². The summed E-state index contributed by atoms with van der Waals surface area (Å²) in [6.07, 6.45) is 0.954. The molecule has 0 aromatic heterocycles. The second-order valence-electron chi connectivity index (χ2n) is 4.01. The first kappa shape index (κ1) is 16.9. The van der Waals surface area contributed by atoms with E-state index in [4.69, 9.17) is 10.2 Å². The maximum Gasteiger partial charge on any atom is 0.325 e. The zero-order chi connectivity index (χ0) is 14.8. The molecule has 0 spiro atoms. The molecule has 0 radical (unpaired) electrons. The molecule has 0 bridgehead atoms. The highest BCUT2D eigenvalue weighted by Crippen LogP contribution is 1.99. The zero-order valence-corrected chi connectivity index (χ0v) is 10.6. The van der Waals surface area contributed by atoms with Crippen molar-refractivity contribution in [1.29, 1.82) is 0 Å². The lowest BCUT2D eigenvalue weighted by atomic mass is 10.2. The fourth-order valence-corrected chi connectivity index (χ4v) is 1.18. The van der Waals surface area contributed by atoms with Crippen molar-refractivity contribution in [3.63, 3.8) is 0 Å². The predicted octanol–water partition coefficient (Wildman–Crippen LogP) is -0.663. The van der Waals surface area contributed by atoms with Crippen molar-refractivity contribution in [3.8, 4) is 0 Å². The van der Waals surface area contributed by atoms with Gasteiger partial charge in [-0.1, -0.05) is 0 Å². The number of hydrogen-bond donors (Lipinski definition) is 4. The molecular formula is C11H18N2O6. The van der Waals surface area contributed by atoms with Crippen LogP contribution in [0.4, 0.5) is 0 Å². The van der Waals surface area contributed by atoms with E-state index in [2.05, 4.69) is 10.6 Å². The van der Waals surface area contributed by atoms with Gasteiger partial charge >= 0.3 is 11.9 Å². The third kappa shape index (κ3) is 9.57. The molecule has 0 aliphatic rings. The van der Waals surface area contributed by atoms with Gasteiger partial charge < -0.3 is 20.8 Å². The van der Waals surface area contributed by atoms with Crippen molar-refractivity contribution >= 4 is 23.8 Å². The Kier molecular flexibility index (Phi) is 7.90. The summed E-state index contributed by atoms with van der Waals surface area (Å²) < 4.78 is 0. The van der Waals surface area contributed by atoms with Crippen LogP contribution < -0.4 is 10.6 Å². The highest BCUT2D eigenvalue weighted by Gasteiger charge is 2.14. The third-order valence-corrected chi connectivity index (χ3v) is 2.24. The number of carboxylic acid groups (broad SMARTS) is 2. The molecule has 1 unspecified atom stereocenters. The van der Waals surface area contributed by atoms with Crippen LogP contribution in [0.1, 0.15) is 32.6 Å². The summed E-state index contributed by atoms with van der Waals surface area (Å²) in [6, 6.07) is -1.01. The van der Waals surface area contributed by atoms with E-state index < -0.39 is 23.9 Å². The largest absolute Gasteiger partial charge is 0.481 e. The quantitative estimate of drug-likeness (QED) is 0.412. The molecule has 8 nitrogen and oxygen atoms in total. The number of carboxylic acids is 2. The van der Waals surface area contributed by atoms with Crippen LogP contribution in [-0.4, -0.2) is 46.6 Å². The van der Waals surface area contributed by atoms with Crippen LogP contribution in [0.3, 0.4) is 0 Å². The Morgan fingerprint density at radius 3 is 2.11 bits per heavy atom. The first-order valence-electron chi connectivity index (χ1n) is 5.83. The minimum atomic E-state index is -1.16. The molecule has 108 valence electrons. The lowest BCUT2D eigenvalue weighted by molar-refractivity contribution is -0.141. The van der Waals surface area contributed by atoms with Crippen LogP contribution in [0.25, 0.3) is 0 Å². The molecule has 0 saturated carbocycles. The van der Waals surface area contributed by atoms with Crippen LogP contribution in [0.5, 0.6) is 0 Å². The van der Waals surface area contributed by atoms with Gasteiger partial charge in [-0.05, 0) is 19.8 Å². The van der Waals surface area contributed by atoms with Crippen molar-refractivity contribution in [3.05, 3.63) is 0 Å². The number of unbranched alkanes of at least 4 members (excludes halogenated alkanes) is 1. The first-order valence-corrected chi connectivity index (χ1v) is 5.83. The molecule has 4 N–H and O–H groups in total. The molecular weight excluding hydrogens is 256 g/mol. The van der Waals surface area contributed by atoms with Gasteiger partial charge in [-0.3, -0.25) is 19.2 Å². The van der Waals surface area contributed by atoms with Gasteiger partial charge in [0.05, 0.1) is 6.54 Å². The SMILES string of the molecule is CC(NC(=O)CNC(=O)CCCCC(=O)O)C(=O)O. The zero-order valence-electron chi connectivity index (χ0n) is 10.6. The van der Waals surface area contributed by atoms with Gasteiger partial charge in [0.25, 0.3) is 0 Å². The molecule has 0 aromatic rings. The summed E-state index contributed by atoms with van der Waals surface area (Å²) in [5, 5.41) is 21.4. The Bertz CT molecular complexity index is 355. The number of hydrogen-bond acceptors (Lipinski definition) is 4. The van der Waals surface area contributed by atoms with E-state index in [1.165, 1.54) is 6.92 Å². The van der Waals surface area contributed by atoms with E-state index in [0.29, 0.717) is 12.8 Å². The summed E-state index contributed by atoms with van der Waals surface area (Å²) >= 11 is 0. The van der Waals surface area contributed by atoms with Crippen molar-refractivity contribution in [1.82, 2.24) is 10.6 Å². The lowest BCUT2D eigenvalue weighted by Crippen LogP contribution is -2.43. The van der Waals surface area contributed by atoms with E-state index in [1.807, 2.05) is 0 Å². The molecule has 0 aliphatic heterocycles. The highest BCUT2D eigenvalue weighted by molar-refractivity contribution is 5.87. The summed E-state index contributed by atoms with van der Waals surface area (Å²) in [5.41, 5.74) is 0. The van der Waals surface area contributed by atoms with E-state index in [1.54, 1.807) is 0 Å². The topological polar surface area (TPSA) is 133 Å². The van der Waals surface area contributed by atoms with Crippen molar-refractivity contribution in [2.45, 2.75) is 38.6 Å². The Morgan fingerprint density at radius 1 is 1.00 bits per heavy atom. The maximum absolute atomic E-state index is 11.3. The average Bonchev–Trinajstić information content (AvgIpc) is 2.31. The number of aliphatic carboxylic acids is 2. The van der Waals surface area contributed by atoms with Crippen molar-refractivity contribution in [2.75, 3.05) is 6.54 Å². The fraction of sp³-hybridized carbons (Fsp3) is 0.636. The summed E-state index contributed by atoms with van der Waals surface area (Å²) in [4.78, 5) is 43.1. The molecule has 0 saturated heterocycles. The normalized spacial score (nSPS) is 11.4. The maximum atomic E-state index is 11.3. The monoisotopic (exact) mass is 274 g/mol. The minimum Gasteiger partial charge on any atom is -0.481 e. The van der Waals surface area contributed by atoms with Gasteiger partial charge in [0.2, 0.25) is 11.8 Å². The number of amides is 2. The smallest absolute Gasteiger partial charge is 0.325 e. The molecule has 0 fully saturated rings. The van der Waals surface area contributed by atoms with Gasteiger partial charge in [-0.25, -0.2) is 0 Å². The number of carbonyl (C=O) groups is 4. The third-order valence-electron chi connectivity index (χ3n) is 2.24. The van der Waals surface area contributed by atoms with E-state index in [0.717, 1.165) is 0 Å². The van der Waals surface area contributed by atoms with Crippen LogP contribution in [0.2, 0.25) is 0 Å². The molecule has 0 rings (SSSR count). The second-order valence-corrected chi connectivity index (χ2v) is 4.01. The molecule has 0 aromatic carbocycles. The molecule has 0 heterocycles. The van der Waals surface area contributed by atoms with Crippen molar-refractivity contribution < 1.29 is 29.4 Å². The summed E-state index contributed by atoms with van der Waals surface area (Å²) in [7, 11) is 0. The molecule has 19 heavy (non-hydrogen) atoms. The molecule has 1 atom stereocenters. The Labute approximate surface area is 110 Å². The van der Waals surface area contributed by atoms with Gasteiger partial charge in [-0.2, -0.15) is 0 Å². The first-order chi connectivity index (χ1) is 8.82. The van der Waals surface area contributed by atoms with Gasteiger partial charge in [0.15, 0.2) is 0 Å². The van der Waals surface area contributed by atoms with Crippen LogP contribution in [0.15, 0.2) is 0 Å². The molecule has 0 aliphatic carbocycles. The molecule has 8 heteroatoms. The van der Waals surface area contributed by atoms with Gasteiger partial charge in [0, 0.05) is 12.8 Å². The van der Waals surface area contributed by atoms with Gasteiger partial charge in [-0.15, -0.1) is 0 Å². The summed E-state index contributed by atoms with van der Waals surface area (Å²) in [6.45, 7) is 1.02. The molecule has 2 amide bonds. The van der Waals surface area contributed by atoms with Crippen LogP contribution in [0, 0.1) is 0 Å². The Hall–Kier alpha value is -2.12. The van der Waals surface area contributed by atoms with Crippen molar-refractivity contribution in [2.24, 2.45) is 0 Å². The standard InChI is InChI=1S/C11H18N2O6/c1-7(11(18)19)13-9(15)6-12-8(14)4-2-3-5-10(16)17/h7H,2-6H2,1H3,(H,12,14)(H,13,15)(H,16,17)(H,18,19). The number of carbonyl (C=O) groups excluding carboxylic acids is 2. The Morgan fingerprint density at radius 2 is 1.58 bits per heavy atom. The lowest BCUT2D eigenvalue weighted by Gasteiger charge is -2.09. The second kappa shape index (κ2) is 8.90. The van der Waals surface area contributed by atoms with E-state index >= 15 is 0 Å². The number of rotatable bonds is 9. The fourth-order valence-electron chi connectivity index (χ4n) is 1.18. The van der Waals surface area contributed by atoms with E-state index in [9.17, 15) is 19.2 Å². The average molecular weight is 274 g/mol. The highest BCUT2D eigenvalue weighted by atomic mass is 16.4. The minimum absolute atomic E-state index is 0.00386. The number of nitrogens with one attached hydrogen (secondary N) is 2.